The Hall–Kier alpha value is -4.00. The predicted octanol–water partition coefficient (Wildman–Crippen LogP) is 3.37. The Kier molecular flexibility index (Phi) is 7.11. The number of aryl methyl sites for hydroxylation is 1. The Balaban J connectivity index is 1.65. The van der Waals surface area contributed by atoms with E-state index in [0.29, 0.717) is 22.6 Å². The second kappa shape index (κ2) is 10.2. The number of nitrogens with zero attached hydrogens (tertiary/aromatic N) is 1. The Morgan fingerprint density at radius 1 is 1.06 bits per heavy atom. The summed E-state index contributed by atoms with van der Waals surface area (Å²) in [6.07, 6.45) is 0.195. The molecular formula is C24H22N2O5. The van der Waals surface area contributed by atoms with Crippen LogP contribution in [-0.4, -0.2) is 29.4 Å². The van der Waals surface area contributed by atoms with Crippen LogP contribution in [0.25, 0.3) is 0 Å². The second-order valence-corrected chi connectivity index (χ2v) is 6.92. The quantitative estimate of drug-likeness (QED) is 0.423. The van der Waals surface area contributed by atoms with Crippen LogP contribution in [0.4, 0.5) is 0 Å². The summed E-state index contributed by atoms with van der Waals surface area (Å²) in [7, 11) is 0. The van der Waals surface area contributed by atoms with Gasteiger partial charge in [0.2, 0.25) is 0 Å². The van der Waals surface area contributed by atoms with Crippen LogP contribution in [0.5, 0.6) is 0 Å². The molecule has 31 heavy (non-hydrogen) atoms. The highest BCUT2D eigenvalue weighted by Gasteiger charge is 2.26. The van der Waals surface area contributed by atoms with E-state index in [1.54, 1.807) is 73.7 Å². The Morgan fingerprint density at radius 2 is 1.71 bits per heavy atom. The van der Waals surface area contributed by atoms with Gasteiger partial charge in [0.1, 0.15) is 5.76 Å². The molecule has 0 bridgehead atoms. The largest absolute Gasteiger partial charge is 0.456 e. The number of esters is 1. The minimum absolute atomic E-state index is 0.195. The van der Waals surface area contributed by atoms with Crippen LogP contribution < -0.4 is 5.32 Å². The van der Waals surface area contributed by atoms with Crippen molar-refractivity contribution in [2.24, 2.45) is 0 Å². The van der Waals surface area contributed by atoms with Crippen LogP contribution in [0.3, 0.4) is 0 Å². The monoisotopic (exact) mass is 418 g/mol. The number of carbonyl (C=O) groups is 3. The van der Waals surface area contributed by atoms with Gasteiger partial charge in [-0.2, -0.15) is 0 Å². The SMILES string of the molecule is C=C(Cc1cc(C)on1)C(=O)COC(=O)C(NC(=O)c1ccccc1)c1ccccc1. The number of nitrogens with one attached hydrogen (secondary N) is 1. The molecule has 0 aliphatic rings. The first kappa shape index (κ1) is 21.7. The summed E-state index contributed by atoms with van der Waals surface area (Å²) in [6, 6.07) is 17.9. The summed E-state index contributed by atoms with van der Waals surface area (Å²) in [6.45, 7) is 5.00. The Labute approximate surface area is 179 Å². The molecule has 1 aromatic heterocycles. The maximum atomic E-state index is 12.8. The minimum Gasteiger partial charge on any atom is -0.456 e. The van der Waals surface area contributed by atoms with Crippen LogP contribution in [0.15, 0.2) is 83.4 Å². The van der Waals surface area contributed by atoms with E-state index in [0.717, 1.165) is 0 Å². The summed E-state index contributed by atoms with van der Waals surface area (Å²) in [5.74, 6) is -0.978. The second-order valence-electron chi connectivity index (χ2n) is 6.92. The molecule has 7 heteroatoms. The summed E-state index contributed by atoms with van der Waals surface area (Å²) >= 11 is 0. The Morgan fingerprint density at radius 3 is 2.32 bits per heavy atom. The van der Waals surface area contributed by atoms with Gasteiger partial charge in [-0.15, -0.1) is 0 Å². The van der Waals surface area contributed by atoms with Gasteiger partial charge < -0.3 is 14.6 Å². The van der Waals surface area contributed by atoms with E-state index < -0.39 is 30.3 Å². The van der Waals surface area contributed by atoms with Crippen LogP contribution in [0.1, 0.15) is 33.4 Å². The lowest BCUT2D eigenvalue weighted by atomic mass is 10.1. The fourth-order valence-electron chi connectivity index (χ4n) is 2.87. The van der Waals surface area contributed by atoms with Gasteiger partial charge in [0.05, 0.1) is 5.69 Å². The molecule has 0 fully saturated rings. The topological polar surface area (TPSA) is 98.5 Å². The zero-order valence-electron chi connectivity index (χ0n) is 17.0. The third-order valence-electron chi connectivity index (χ3n) is 4.49. The van der Waals surface area contributed by atoms with Crippen molar-refractivity contribution in [1.29, 1.82) is 0 Å². The average Bonchev–Trinajstić information content (AvgIpc) is 3.20. The first-order valence-electron chi connectivity index (χ1n) is 9.64. The molecule has 0 saturated heterocycles. The molecule has 0 saturated carbocycles. The number of carbonyl (C=O) groups excluding carboxylic acids is 3. The normalized spacial score (nSPS) is 11.4. The number of aromatic nitrogens is 1. The molecule has 158 valence electrons. The van der Waals surface area contributed by atoms with Gasteiger partial charge in [0, 0.05) is 18.1 Å². The van der Waals surface area contributed by atoms with E-state index in [1.165, 1.54) is 0 Å². The van der Waals surface area contributed by atoms with E-state index in [-0.39, 0.29) is 12.0 Å². The molecule has 1 heterocycles. The lowest BCUT2D eigenvalue weighted by Crippen LogP contribution is -2.35. The maximum absolute atomic E-state index is 12.8. The number of hydrogen-bond donors (Lipinski definition) is 1. The van der Waals surface area contributed by atoms with Crippen molar-refractivity contribution < 1.29 is 23.6 Å². The van der Waals surface area contributed by atoms with Crippen LogP contribution in [0.2, 0.25) is 0 Å². The molecule has 3 aromatic rings. The van der Waals surface area contributed by atoms with Crippen molar-refractivity contribution in [3.63, 3.8) is 0 Å². The third-order valence-corrected chi connectivity index (χ3v) is 4.49. The zero-order valence-corrected chi connectivity index (χ0v) is 17.0. The van der Waals surface area contributed by atoms with Crippen molar-refractivity contribution in [2.45, 2.75) is 19.4 Å². The van der Waals surface area contributed by atoms with Crippen molar-refractivity contribution in [3.05, 3.63) is 101 Å². The number of hydrogen-bond acceptors (Lipinski definition) is 6. The van der Waals surface area contributed by atoms with Gasteiger partial charge in [-0.25, -0.2) is 4.79 Å². The molecule has 1 amide bonds. The zero-order chi connectivity index (χ0) is 22.2. The van der Waals surface area contributed by atoms with Crippen molar-refractivity contribution in [1.82, 2.24) is 10.5 Å². The van der Waals surface area contributed by atoms with Gasteiger partial charge >= 0.3 is 5.97 Å². The standard InChI is InChI=1S/C24H22N2O5/c1-16(13-20-14-17(2)31-26-20)21(27)15-30-24(29)22(18-9-5-3-6-10-18)25-23(28)19-11-7-4-8-12-19/h3-12,14,22H,1,13,15H2,2H3,(H,25,28). The smallest absolute Gasteiger partial charge is 0.333 e. The van der Waals surface area contributed by atoms with Crippen LogP contribution in [0, 0.1) is 6.92 Å². The molecule has 0 aliphatic carbocycles. The van der Waals surface area contributed by atoms with Gasteiger partial charge in [-0.1, -0.05) is 60.3 Å². The highest BCUT2D eigenvalue weighted by molar-refractivity contribution is 5.99. The number of ether oxygens (including phenoxy) is 1. The highest BCUT2D eigenvalue weighted by Crippen LogP contribution is 2.16. The number of amides is 1. The number of ketones is 1. The molecule has 2 aromatic carbocycles. The van der Waals surface area contributed by atoms with E-state index >= 15 is 0 Å². The van der Waals surface area contributed by atoms with Gasteiger partial charge in [-0.05, 0) is 30.2 Å². The molecule has 7 nitrogen and oxygen atoms in total. The maximum Gasteiger partial charge on any atom is 0.333 e. The summed E-state index contributed by atoms with van der Waals surface area (Å²) in [5.41, 5.74) is 1.76. The number of benzene rings is 2. The fraction of sp³-hybridized carbons (Fsp3) is 0.167. The van der Waals surface area contributed by atoms with E-state index in [2.05, 4.69) is 17.1 Å². The predicted molar refractivity (Wildman–Crippen MR) is 113 cm³/mol. The van der Waals surface area contributed by atoms with Gasteiger partial charge in [-0.3, -0.25) is 9.59 Å². The first-order chi connectivity index (χ1) is 14.9. The van der Waals surface area contributed by atoms with E-state index in [1.807, 2.05) is 0 Å². The third kappa shape index (κ3) is 5.99. The Bertz CT molecular complexity index is 1070. The van der Waals surface area contributed by atoms with Gasteiger partial charge in [0.15, 0.2) is 18.4 Å². The molecule has 0 spiro atoms. The van der Waals surface area contributed by atoms with Crippen molar-refractivity contribution in [3.8, 4) is 0 Å². The molecule has 1 N–H and O–H groups in total. The lowest BCUT2D eigenvalue weighted by molar-refractivity contribution is -0.149. The lowest BCUT2D eigenvalue weighted by Gasteiger charge is -2.18. The van der Waals surface area contributed by atoms with E-state index in [9.17, 15) is 14.4 Å². The molecular weight excluding hydrogens is 396 g/mol. The average molecular weight is 418 g/mol. The number of Topliss-reactive ketones (excluding diaryl/α,β-unsaturated/α-hetero) is 1. The highest BCUT2D eigenvalue weighted by atomic mass is 16.5. The molecule has 3 rings (SSSR count). The summed E-state index contributed by atoms with van der Waals surface area (Å²) < 4.78 is 10.2. The van der Waals surface area contributed by atoms with E-state index in [4.69, 9.17) is 9.26 Å². The van der Waals surface area contributed by atoms with Crippen LogP contribution >= 0.6 is 0 Å². The molecule has 1 atom stereocenters. The molecule has 0 radical (unpaired) electrons. The van der Waals surface area contributed by atoms with Gasteiger partial charge in [0.25, 0.3) is 5.91 Å². The van der Waals surface area contributed by atoms with Crippen molar-refractivity contribution >= 4 is 17.7 Å². The molecule has 0 aliphatic heterocycles. The summed E-state index contributed by atoms with van der Waals surface area (Å²) in [5, 5.41) is 6.49. The fourth-order valence-corrected chi connectivity index (χ4v) is 2.87. The van der Waals surface area contributed by atoms with Crippen molar-refractivity contribution in [2.75, 3.05) is 6.61 Å². The first-order valence-corrected chi connectivity index (χ1v) is 9.64. The number of rotatable bonds is 9. The molecule has 1 unspecified atom stereocenters. The van der Waals surface area contributed by atoms with Crippen LogP contribution in [-0.2, 0) is 20.7 Å². The minimum atomic E-state index is -1.06. The summed E-state index contributed by atoms with van der Waals surface area (Å²) in [4.78, 5) is 37.7.